The number of rotatable bonds is 6. The van der Waals surface area contributed by atoms with Gasteiger partial charge in [-0.15, -0.1) is 0 Å². The predicted molar refractivity (Wildman–Crippen MR) is 86.6 cm³/mol. The highest BCUT2D eigenvalue weighted by molar-refractivity contribution is 7.92. The van der Waals surface area contributed by atoms with Crippen LogP contribution in [0, 0.1) is 0 Å². The number of aliphatic carboxylic acids is 1. The molecule has 0 spiro atoms. The van der Waals surface area contributed by atoms with Gasteiger partial charge in [-0.05, 0) is 35.9 Å². The van der Waals surface area contributed by atoms with Gasteiger partial charge >= 0.3 is 5.97 Å². The Balaban J connectivity index is 2.28. The summed E-state index contributed by atoms with van der Waals surface area (Å²) < 4.78 is 32.4. The molecule has 0 aliphatic rings. The summed E-state index contributed by atoms with van der Waals surface area (Å²) in [5.41, 5.74) is 0.877. The molecule has 0 saturated carbocycles. The molecule has 2 rings (SSSR count). The Labute approximate surface area is 138 Å². The average molecular weight is 356 g/mol. The molecule has 122 valence electrons. The first-order chi connectivity index (χ1) is 10.8. The number of anilines is 1. The molecule has 2 N–H and O–H groups in total. The minimum absolute atomic E-state index is 0.0814. The molecule has 2 aromatic rings. The quantitative estimate of drug-likeness (QED) is 0.831. The lowest BCUT2D eigenvalue weighted by molar-refractivity contribution is -0.136. The van der Waals surface area contributed by atoms with E-state index in [2.05, 4.69) is 4.72 Å². The topological polar surface area (TPSA) is 92.7 Å². The molecular formula is C15H14ClNO5S. The van der Waals surface area contributed by atoms with E-state index in [0.29, 0.717) is 11.3 Å². The van der Waals surface area contributed by atoms with Crippen molar-refractivity contribution in [3.8, 4) is 5.75 Å². The fourth-order valence-corrected chi connectivity index (χ4v) is 3.43. The van der Waals surface area contributed by atoms with Crippen molar-refractivity contribution in [2.45, 2.75) is 11.3 Å². The molecule has 0 unspecified atom stereocenters. The lowest BCUT2D eigenvalue weighted by atomic mass is 10.1. The highest BCUT2D eigenvalue weighted by atomic mass is 35.5. The van der Waals surface area contributed by atoms with Crippen molar-refractivity contribution in [3.63, 3.8) is 0 Å². The molecular weight excluding hydrogens is 342 g/mol. The summed E-state index contributed by atoms with van der Waals surface area (Å²) in [6.07, 6.45) is -0.130. The Morgan fingerprint density at radius 3 is 2.43 bits per heavy atom. The van der Waals surface area contributed by atoms with Crippen LogP contribution in [-0.4, -0.2) is 26.6 Å². The van der Waals surface area contributed by atoms with E-state index in [9.17, 15) is 13.2 Å². The van der Waals surface area contributed by atoms with E-state index in [4.69, 9.17) is 21.4 Å². The van der Waals surface area contributed by atoms with Crippen molar-refractivity contribution < 1.29 is 23.1 Å². The number of hydrogen-bond acceptors (Lipinski definition) is 4. The molecule has 0 amide bonds. The molecule has 2 aromatic carbocycles. The average Bonchev–Trinajstić information content (AvgIpc) is 2.48. The van der Waals surface area contributed by atoms with Crippen molar-refractivity contribution in [1.82, 2.24) is 0 Å². The van der Waals surface area contributed by atoms with Gasteiger partial charge in [0.1, 0.15) is 10.6 Å². The van der Waals surface area contributed by atoms with Gasteiger partial charge in [-0.25, -0.2) is 8.42 Å². The fraction of sp³-hybridized carbons (Fsp3) is 0.133. The lowest BCUT2D eigenvalue weighted by Gasteiger charge is -2.12. The third kappa shape index (κ3) is 4.37. The molecule has 0 saturated heterocycles. The van der Waals surface area contributed by atoms with Crippen molar-refractivity contribution in [2.75, 3.05) is 11.8 Å². The maximum Gasteiger partial charge on any atom is 0.307 e. The Morgan fingerprint density at radius 2 is 1.87 bits per heavy atom. The molecule has 6 nitrogen and oxygen atoms in total. The van der Waals surface area contributed by atoms with E-state index >= 15 is 0 Å². The molecule has 0 bridgehead atoms. The number of sulfonamides is 1. The highest BCUT2D eigenvalue weighted by Gasteiger charge is 2.20. The summed E-state index contributed by atoms with van der Waals surface area (Å²) in [6, 6.07) is 10.4. The zero-order valence-electron chi connectivity index (χ0n) is 12.1. The summed E-state index contributed by atoms with van der Waals surface area (Å²) in [6.45, 7) is 0. The monoisotopic (exact) mass is 355 g/mol. The first-order valence-electron chi connectivity index (χ1n) is 6.49. The molecule has 0 heterocycles. The van der Waals surface area contributed by atoms with Gasteiger partial charge in [0.15, 0.2) is 0 Å². The molecule has 0 aromatic heterocycles. The number of hydrogen-bond donors (Lipinski definition) is 2. The molecule has 0 fully saturated rings. The van der Waals surface area contributed by atoms with Gasteiger partial charge < -0.3 is 9.84 Å². The van der Waals surface area contributed by atoms with Gasteiger partial charge in [0.25, 0.3) is 10.0 Å². The Kier molecular flexibility index (Phi) is 5.12. The first kappa shape index (κ1) is 17.1. The lowest BCUT2D eigenvalue weighted by Crippen LogP contribution is -2.14. The van der Waals surface area contributed by atoms with Crippen LogP contribution in [0.25, 0.3) is 0 Å². The maximum atomic E-state index is 12.5. The summed E-state index contributed by atoms with van der Waals surface area (Å²) in [5, 5.41) is 8.98. The highest BCUT2D eigenvalue weighted by Crippen LogP contribution is 2.28. The van der Waals surface area contributed by atoms with Crippen LogP contribution in [0.1, 0.15) is 5.56 Å². The molecule has 0 radical (unpaired) electrons. The number of methoxy groups -OCH3 is 1. The van der Waals surface area contributed by atoms with Crippen LogP contribution in [0.5, 0.6) is 5.75 Å². The number of carboxylic acids is 1. The second-order valence-corrected chi connectivity index (χ2v) is 6.76. The predicted octanol–water partition coefficient (Wildman–Crippen LogP) is 2.78. The van der Waals surface area contributed by atoms with Gasteiger partial charge in [0.2, 0.25) is 0 Å². The summed E-state index contributed by atoms with van der Waals surface area (Å²) in [7, 11) is -2.53. The van der Waals surface area contributed by atoms with Crippen LogP contribution in [0.4, 0.5) is 5.69 Å². The Hall–Kier alpha value is -2.25. The molecule has 0 aliphatic carbocycles. The SMILES string of the molecule is COc1ccc(Cl)cc1S(=O)(=O)Nc1ccc(CC(=O)O)cc1. The minimum Gasteiger partial charge on any atom is -0.495 e. The third-order valence-corrected chi connectivity index (χ3v) is 4.61. The second kappa shape index (κ2) is 6.89. The van der Waals surface area contributed by atoms with Crippen molar-refractivity contribution >= 4 is 33.3 Å². The van der Waals surface area contributed by atoms with Crippen LogP contribution < -0.4 is 9.46 Å². The minimum atomic E-state index is -3.89. The van der Waals surface area contributed by atoms with E-state index in [1.54, 1.807) is 12.1 Å². The van der Waals surface area contributed by atoms with Gasteiger partial charge in [-0.1, -0.05) is 23.7 Å². The van der Waals surface area contributed by atoms with Crippen molar-refractivity contribution in [2.24, 2.45) is 0 Å². The third-order valence-electron chi connectivity index (χ3n) is 2.98. The van der Waals surface area contributed by atoms with Crippen molar-refractivity contribution in [1.29, 1.82) is 0 Å². The first-order valence-corrected chi connectivity index (χ1v) is 8.35. The zero-order chi connectivity index (χ0) is 17.0. The normalized spacial score (nSPS) is 11.0. The summed E-state index contributed by atoms with van der Waals surface area (Å²) in [5.74, 6) is -0.786. The number of benzene rings is 2. The molecule has 23 heavy (non-hydrogen) atoms. The molecule has 0 aliphatic heterocycles. The number of ether oxygens (including phenoxy) is 1. The van der Waals surface area contributed by atoms with E-state index in [1.165, 1.54) is 37.4 Å². The summed E-state index contributed by atoms with van der Waals surface area (Å²) in [4.78, 5) is 10.6. The van der Waals surface area contributed by atoms with Gasteiger partial charge in [-0.3, -0.25) is 9.52 Å². The van der Waals surface area contributed by atoms with Gasteiger partial charge in [0, 0.05) is 10.7 Å². The smallest absolute Gasteiger partial charge is 0.307 e. The maximum absolute atomic E-state index is 12.5. The summed E-state index contributed by atoms with van der Waals surface area (Å²) >= 11 is 5.85. The molecule has 8 heteroatoms. The van der Waals surface area contributed by atoms with E-state index in [0.717, 1.165) is 0 Å². The second-order valence-electron chi connectivity index (χ2n) is 4.67. The van der Waals surface area contributed by atoms with Crippen LogP contribution in [0.2, 0.25) is 5.02 Å². The number of halogens is 1. The van der Waals surface area contributed by atoms with Crippen LogP contribution in [0.15, 0.2) is 47.4 Å². The van der Waals surface area contributed by atoms with Crippen LogP contribution in [-0.2, 0) is 21.2 Å². The zero-order valence-corrected chi connectivity index (χ0v) is 13.7. The van der Waals surface area contributed by atoms with Crippen molar-refractivity contribution in [3.05, 3.63) is 53.1 Å². The van der Waals surface area contributed by atoms with E-state index in [1.807, 2.05) is 0 Å². The van der Waals surface area contributed by atoms with E-state index < -0.39 is 16.0 Å². The van der Waals surface area contributed by atoms with E-state index in [-0.39, 0.29) is 22.1 Å². The fourth-order valence-electron chi connectivity index (χ4n) is 1.94. The molecule has 0 atom stereocenters. The Bertz CT molecular complexity index is 818. The standard InChI is InChI=1S/C15H14ClNO5S/c1-22-13-7-4-11(16)9-14(13)23(20,21)17-12-5-2-10(3-6-12)8-15(18)19/h2-7,9,17H,8H2,1H3,(H,18,19). The Morgan fingerprint density at radius 1 is 1.22 bits per heavy atom. The number of carboxylic acid groups (broad SMARTS) is 1. The largest absolute Gasteiger partial charge is 0.495 e. The van der Waals surface area contributed by atoms with Gasteiger partial charge in [-0.2, -0.15) is 0 Å². The van der Waals surface area contributed by atoms with Crippen LogP contribution >= 0.6 is 11.6 Å². The number of nitrogens with one attached hydrogen (secondary N) is 1. The van der Waals surface area contributed by atoms with Gasteiger partial charge in [0.05, 0.1) is 13.5 Å². The number of carbonyl (C=O) groups is 1. The van der Waals surface area contributed by atoms with Crippen LogP contribution in [0.3, 0.4) is 0 Å².